The van der Waals surface area contributed by atoms with Gasteiger partial charge in [-0.1, -0.05) is 18.9 Å². The molecule has 2 aromatic rings. The van der Waals surface area contributed by atoms with Crippen LogP contribution in [0.2, 0.25) is 0 Å². The number of hydrogen-bond acceptors (Lipinski definition) is 4. The van der Waals surface area contributed by atoms with Crippen molar-refractivity contribution in [1.82, 2.24) is 14.9 Å². The minimum Gasteiger partial charge on any atom is -0.480 e. The fourth-order valence-corrected chi connectivity index (χ4v) is 3.48. The second kappa shape index (κ2) is 8.22. The normalized spacial score (nSPS) is 15.7. The van der Waals surface area contributed by atoms with E-state index in [2.05, 4.69) is 16.9 Å². The van der Waals surface area contributed by atoms with E-state index in [0.29, 0.717) is 5.52 Å². The first-order chi connectivity index (χ1) is 13.0. The molecule has 1 aliphatic rings. The largest absolute Gasteiger partial charge is 0.480 e. The number of aromatic amines is 1. The number of aliphatic carboxylic acids is 1. The molecule has 1 heterocycles. The lowest BCUT2D eigenvalue weighted by Crippen LogP contribution is -2.44. The molecule has 8 nitrogen and oxygen atoms in total. The Morgan fingerprint density at radius 2 is 2.15 bits per heavy atom. The van der Waals surface area contributed by atoms with E-state index in [1.54, 1.807) is 22.8 Å². The van der Waals surface area contributed by atoms with Gasteiger partial charge in [-0.15, -0.1) is 6.58 Å². The van der Waals surface area contributed by atoms with Gasteiger partial charge in [-0.25, -0.2) is 9.59 Å². The number of H-pyrrole nitrogens is 1. The number of benzene rings is 1. The lowest BCUT2D eigenvalue weighted by molar-refractivity contribution is -0.140. The van der Waals surface area contributed by atoms with Crippen LogP contribution in [0.1, 0.15) is 42.1 Å². The van der Waals surface area contributed by atoms with Crippen LogP contribution in [0.25, 0.3) is 11.0 Å². The van der Waals surface area contributed by atoms with Gasteiger partial charge in [0.2, 0.25) is 0 Å². The standard InChI is InChI=1S/C19H23N3O5/c1-2-9-27-11-15(18(24)25)20-17(23)12-7-8-16-14(10-12)21-19(26)22(16)13-5-3-4-6-13/h2,7-8,10,13,15H,1,3-6,9,11H2,(H,20,23)(H,21,26)(H,24,25). The summed E-state index contributed by atoms with van der Waals surface area (Å²) in [5.74, 6) is -1.73. The topological polar surface area (TPSA) is 113 Å². The van der Waals surface area contributed by atoms with Crippen molar-refractivity contribution in [3.63, 3.8) is 0 Å². The molecule has 0 saturated heterocycles. The molecular formula is C19H23N3O5. The number of imidazole rings is 1. The number of fused-ring (bicyclic) bond motifs is 1. The number of carboxylic acids is 1. The fourth-order valence-electron chi connectivity index (χ4n) is 3.48. The Balaban J connectivity index is 1.80. The Morgan fingerprint density at radius 3 is 2.81 bits per heavy atom. The summed E-state index contributed by atoms with van der Waals surface area (Å²) in [6, 6.07) is 3.91. The molecule has 27 heavy (non-hydrogen) atoms. The van der Waals surface area contributed by atoms with E-state index in [0.717, 1.165) is 31.2 Å². The van der Waals surface area contributed by atoms with Crippen LogP contribution in [0.5, 0.6) is 0 Å². The van der Waals surface area contributed by atoms with Crippen LogP contribution in [-0.4, -0.2) is 45.8 Å². The number of ether oxygens (including phenoxy) is 1. The van der Waals surface area contributed by atoms with E-state index in [1.165, 1.54) is 6.08 Å². The molecule has 0 radical (unpaired) electrons. The molecule has 1 amide bonds. The number of amides is 1. The molecule has 1 fully saturated rings. The third kappa shape index (κ3) is 4.11. The molecule has 1 aliphatic carbocycles. The summed E-state index contributed by atoms with van der Waals surface area (Å²) in [4.78, 5) is 38.8. The van der Waals surface area contributed by atoms with Crippen molar-refractivity contribution in [3.8, 4) is 0 Å². The summed E-state index contributed by atoms with van der Waals surface area (Å²) in [7, 11) is 0. The summed E-state index contributed by atoms with van der Waals surface area (Å²) in [5.41, 5.74) is 1.41. The van der Waals surface area contributed by atoms with Gasteiger partial charge in [0.25, 0.3) is 5.91 Å². The quantitative estimate of drug-likeness (QED) is 0.483. The Labute approximate surface area is 155 Å². The maximum absolute atomic E-state index is 12.4. The summed E-state index contributed by atoms with van der Waals surface area (Å²) in [6.45, 7) is 3.52. The van der Waals surface area contributed by atoms with Gasteiger partial charge in [0, 0.05) is 11.6 Å². The van der Waals surface area contributed by atoms with Crippen molar-refractivity contribution in [2.75, 3.05) is 13.2 Å². The zero-order chi connectivity index (χ0) is 19.4. The van der Waals surface area contributed by atoms with Crippen molar-refractivity contribution in [2.45, 2.75) is 37.8 Å². The molecule has 0 bridgehead atoms. The van der Waals surface area contributed by atoms with Crippen LogP contribution in [-0.2, 0) is 9.53 Å². The van der Waals surface area contributed by atoms with Gasteiger partial charge in [-0.05, 0) is 31.0 Å². The highest BCUT2D eigenvalue weighted by Gasteiger charge is 2.23. The highest BCUT2D eigenvalue weighted by atomic mass is 16.5. The lowest BCUT2D eigenvalue weighted by atomic mass is 10.1. The van der Waals surface area contributed by atoms with Crippen molar-refractivity contribution in [2.24, 2.45) is 0 Å². The van der Waals surface area contributed by atoms with E-state index < -0.39 is 17.9 Å². The Morgan fingerprint density at radius 1 is 1.41 bits per heavy atom. The van der Waals surface area contributed by atoms with Crippen molar-refractivity contribution in [1.29, 1.82) is 0 Å². The minimum absolute atomic E-state index is 0.162. The van der Waals surface area contributed by atoms with Crippen LogP contribution in [0.15, 0.2) is 35.6 Å². The van der Waals surface area contributed by atoms with Gasteiger partial charge >= 0.3 is 11.7 Å². The lowest BCUT2D eigenvalue weighted by Gasteiger charge is -2.14. The predicted molar refractivity (Wildman–Crippen MR) is 100.0 cm³/mol. The number of carbonyl (C=O) groups is 2. The second-order valence-corrected chi connectivity index (χ2v) is 6.66. The van der Waals surface area contributed by atoms with Gasteiger partial charge in [-0.2, -0.15) is 0 Å². The molecular weight excluding hydrogens is 350 g/mol. The van der Waals surface area contributed by atoms with Crippen molar-refractivity contribution >= 4 is 22.9 Å². The molecule has 1 atom stereocenters. The summed E-state index contributed by atoms with van der Waals surface area (Å²) in [6.07, 6.45) is 5.66. The van der Waals surface area contributed by atoms with Gasteiger partial charge in [0.05, 0.1) is 24.2 Å². The molecule has 0 aliphatic heterocycles. The smallest absolute Gasteiger partial charge is 0.328 e. The van der Waals surface area contributed by atoms with Crippen LogP contribution >= 0.6 is 0 Å². The Bertz CT molecular complexity index is 908. The molecule has 3 N–H and O–H groups in total. The number of nitrogens with zero attached hydrogens (tertiary/aromatic N) is 1. The maximum Gasteiger partial charge on any atom is 0.328 e. The van der Waals surface area contributed by atoms with Gasteiger partial charge in [0.15, 0.2) is 6.04 Å². The first-order valence-corrected chi connectivity index (χ1v) is 8.98. The van der Waals surface area contributed by atoms with Gasteiger partial charge in [-0.3, -0.25) is 9.36 Å². The van der Waals surface area contributed by atoms with Gasteiger partial charge in [0.1, 0.15) is 0 Å². The first-order valence-electron chi connectivity index (χ1n) is 8.98. The number of aromatic nitrogens is 2. The predicted octanol–water partition coefficient (Wildman–Crippen LogP) is 1.83. The second-order valence-electron chi connectivity index (χ2n) is 6.66. The summed E-state index contributed by atoms with van der Waals surface area (Å²) >= 11 is 0. The van der Waals surface area contributed by atoms with E-state index in [4.69, 9.17) is 4.74 Å². The van der Waals surface area contributed by atoms with Crippen LogP contribution in [0.3, 0.4) is 0 Å². The van der Waals surface area contributed by atoms with Gasteiger partial charge < -0.3 is 20.1 Å². The maximum atomic E-state index is 12.4. The van der Waals surface area contributed by atoms with Crippen LogP contribution in [0, 0.1) is 0 Å². The van der Waals surface area contributed by atoms with Crippen LogP contribution < -0.4 is 11.0 Å². The molecule has 3 rings (SSSR count). The number of rotatable bonds is 8. The molecule has 1 unspecified atom stereocenters. The number of carbonyl (C=O) groups excluding carboxylic acids is 1. The first kappa shape index (κ1) is 18.9. The highest BCUT2D eigenvalue weighted by Crippen LogP contribution is 2.30. The molecule has 1 aromatic heterocycles. The third-order valence-corrected chi connectivity index (χ3v) is 4.79. The zero-order valence-electron chi connectivity index (χ0n) is 14.9. The zero-order valence-corrected chi connectivity index (χ0v) is 14.9. The average Bonchev–Trinajstić information content (AvgIpc) is 3.26. The number of carboxylic acid groups (broad SMARTS) is 1. The highest BCUT2D eigenvalue weighted by molar-refractivity contribution is 5.99. The van der Waals surface area contributed by atoms with E-state index in [-0.39, 0.29) is 30.5 Å². The van der Waals surface area contributed by atoms with E-state index >= 15 is 0 Å². The third-order valence-electron chi connectivity index (χ3n) is 4.79. The molecule has 1 aromatic carbocycles. The van der Waals surface area contributed by atoms with Crippen LogP contribution in [0.4, 0.5) is 0 Å². The Kier molecular flexibility index (Phi) is 5.75. The molecule has 1 saturated carbocycles. The molecule has 8 heteroatoms. The minimum atomic E-state index is -1.19. The number of nitrogens with one attached hydrogen (secondary N) is 2. The van der Waals surface area contributed by atoms with E-state index in [1.807, 2.05) is 0 Å². The van der Waals surface area contributed by atoms with Crippen molar-refractivity contribution < 1.29 is 19.4 Å². The number of hydrogen-bond donors (Lipinski definition) is 3. The Hall–Kier alpha value is -2.87. The fraction of sp³-hybridized carbons (Fsp3) is 0.421. The van der Waals surface area contributed by atoms with Crippen molar-refractivity contribution in [3.05, 3.63) is 46.9 Å². The SMILES string of the molecule is C=CCOCC(NC(=O)c1ccc2c(c1)[nH]c(=O)n2C1CCCC1)C(=O)O. The average molecular weight is 373 g/mol. The molecule has 144 valence electrons. The summed E-state index contributed by atoms with van der Waals surface area (Å²) in [5, 5.41) is 11.7. The summed E-state index contributed by atoms with van der Waals surface area (Å²) < 4.78 is 6.88. The monoisotopic (exact) mass is 373 g/mol. The molecule has 0 spiro atoms. The van der Waals surface area contributed by atoms with E-state index in [9.17, 15) is 19.5 Å².